The molecule has 0 aliphatic heterocycles. The molecule has 1 aliphatic carbocycles. The van der Waals surface area contributed by atoms with Crippen molar-refractivity contribution in [2.75, 3.05) is 0 Å². The van der Waals surface area contributed by atoms with Gasteiger partial charge in [-0.05, 0) is 47.0 Å². The van der Waals surface area contributed by atoms with Crippen LogP contribution in [0.2, 0.25) is 0 Å². The first-order valence-electron chi connectivity index (χ1n) is 6.23. The summed E-state index contributed by atoms with van der Waals surface area (Å²) in [7, 11) is 0. The first kappa shape index (κ1) is 14.6. The number of hydrogen-bond donors (Lipinski definition) is 1. The van der Waals surface area contributed by atoms with Gasteiger partial charge >= 0.3 is 6.09 Å². The van der Waals surface area contributed by atoms with Gasteiger partial charge in [-0.2, -0.15) is 0 Å². The highest BCUT2D eigenvalue weighted by Gasteiger charge is 2.45. The molecule has 0 atom stereocenters. The van der Waals surface area contributed by atoms with Crippen LogP contribution in [0.4, 0.5) is 4.79 Å². The zero-order valence-corrected chi connectivity index (χ0v) is 11.6. The average Bonchev–Trinajstić information content (AvgIpc) is 2.17. The van der Waals surface area contributed by atoms with E-state index in [9.17, 15) is 9.59 Å². The summed E-state index contributed by atoms with van der Waals surface area (Å²) in [5.41, 5.74) is -1.30. The molecule has 1 amide bonds. The van der Waals surface area contributed by atoms with Crippen LogP contribution in [0.1, 0.15) is 53.4 Å². The quantitative estimate of drug-likeness (QED) is 0.784. The number of hydrogen-bond acceptors (Lipinski definition) is 3. The Morgan fingerprint density at radius 1 is 1.33 bits per heavy atom. The van der Waals surface area contributed by atoms with Crippen LogP contribution < -0.4 is 5.32 Å². The summed E-state index contributed by atoms with van der Waals surface area (Å²) in [5.74, 6) is 5.43. The molecule has 0 aromatic heterocycles. The van der Waals surface area contributed by atoms with Crippen molar-refractivity contribution >= 4 is 11.9 Å². The molecule has 1 aliphatic rings. The van der Waals surface area contributed by atoms with Gasteiger partial charge in [-0.1, -0.05) is 5.92 Å². The third-order valence-electron chi connectivity index (χ3n) is 2.91. The van der Waals surface area contributed by atoms with Crippen molar-refractivity contribution < 1.29 is 14.3 Å². The second-order valence-corrected chi connectivity index (χ2v) is 5.59. The standard InChI is InChI=1S/C14H21NO3/c1-5-6-8-11(16)14(9-7-10-14)15-12(17)18-13(2,3)4/h7-10H2,1-4H3,(H,15,17). The molecule has 1 rings (SSSR count). The first-order valence-corrected chi connectivity index (χ1v) is 6.23. The lowest BCUT2D eigenvalue weighted by Gasteiger charge is -2.40. The van der Waals surface area contributed by atoms with Crippen LogP contribution in [-0.2, 0) is 9.53 Å². The fourth-order valence-electron chi connectivity index (χ4n) is 1.84. The minimum Gasteiger partial charge on any atom is -0.444 e. The van der Waals surface area contributed by atoms with Crippen molar-refractivity contribution in [3.05, 3.63) is 0 Å². The van der Waals surface area contributed by atoms with Gasteiger partial charge in [0.15, 0.2) is 5.78 Å². The van der Waals surface area contributed by atoms with Crippen molar-refractivity contribution in [2.45, 2.75) is 64.5 Å². The molecule has 0 unspecified atom stereocenters. The van der Waals surface area contributed by atoms with Gasteiger partial charge in [-0.25, -0.2) is 4.79 Å². The Bertz CT molecular complexity index is 391. The summed E-state index contributed by atoms with van der Waals surface area (Å²) in [5, 5.41) is 2.72. The maximum absolute atomic E-state index is 12.0. The van der Waals surface area contributed by atoms with E-state index in [-0.39, 0.29) is 12.2 Å². The highest BCUT2D eigenvalue weighted by molar-refractivity contribution is 5.94. The monoisotopic (exact) mass is 251 g/mol. The largest absolute Gasteiger partial charge is 0.444 e. The third kappa shape index (κ3) is 3.76. The topological polar surface area (TPSA) is 55.4 Å². The van der Waals surface area contributed by atoms with Crippen molar-refractivity contribution in [1.82, 2.24) is 5.32 Å². The van der Waals surface area contributed by atoms with Crippen LogP contribution in [0.3, 0.4) is 0 Å². The number of ketones is 1. The molecule has 0 radical (unpaired) electrons. The Balaban J connectivity index is 2.62. The lowest BCUT2D eigenvalue weighted by atomic mass is 9.73. The number of ether oxygens (including phenoxy) is 1. The lowest BCUT2D eigenvalue weighted by molar-refractivity contribution is -0.127. The lowest BCUT2D eigenvalue weighted by Crippen LogP contribution is -2.59. The number of rotatable bonds is 3. The Morgan fingerprint density at radius 3 is 2.33 bits per heavy atom. The van der Waals surface area contributed by atoms with Gasteiger partial charge in [0.05, 0.1) is 6.42 Å². The highest BCUT2D eigenvalue weighted by Crippen LogP contribution is 2.33. The Morgan fingerprint density at radius 2 is 1.94 bits per heavy atom. The van der Waals surface area contributed by atoms with Gasteiger partial charge in [0.2, 0.25) is 0 Å². The number of alkyl carbamates (subject to hydrolysis) is 1. The SMILES string of the molecule is CC#CCC(=O)C1(NC(=O)OC(C)(C)C)CCC1. The molecule has 18 heavy (non-hydrogen) atoms. The molecule has 4 nitrogen and oxygen atoms in total. The number of amides is 1. The van der Waals surface area contributed by atoms with Crippen LogP contribution in [0, 0.1) is 11.8 Å². The second-order valence-electron chi connectivity index (χ2n) is 5.59. The molecule has 0 bridgehead atoms. The summed E-state index contributed by atoms with van der Waals surface area (Å²) in [4.78, 5) is 23.8. The van der Waals surface area contributed by atoms with E-state index < -0.39 is 17.2 Å². The number of carbonyl (C=O) groups excluding carboxylic acids is 2. The van der Waals surface area contributed by atoms with Gasteiger partial charge in [0, 0.05) is 0 Å². The van der Waals surface area contributed by atoms with E-state index in [2.05, 4.69) is 17.2 Å². The summed E-state index contributed by atoms with van der Waals surface area (Å²) >= 11 is 0. The predicted molar refractivity (Wildman–Crippen MR) is 69.0 cm³/mol. The van der Waals surface area contributed by atoms with Crippen molar-refractivity contribution in [3.63, 3.8) is 0 Å². The molecule has 1 saturated carbocycles. The summed E-state index contributed by atoms with van der Waals surface area (Å²) in [6.45, 7) is 7.08. The molecule has 1 fully saturated rings. The molecule has 4 heteroatoms. The number of carbonyl (C=O) groups is 2. The van der Waals surface area contributed by atoms with Crippen molar-refractivity contribution in [3.8, 4) is 11.8 Å². The van der Waals surface area contributed by atoms with E-state index >= 15 is 0 Å². The Kier molecular flexibility index (Phi) is 4.39. The minimum absolute atomic E-state index is 0.0195. The first-order chi connectivity index (χ1) is 8.29. The fourth-order valence-corrected chi connectivity index (χ4v) is 1.84. The fraction of sp³-hybridized carbons (Fsp3) is 0.714. The number of Topliss-reactive ketones (excluding diaryl/α,β-unsaturated/α-hetero) is 1. The van der Waals surface area contributed by atoms with Gasteiger partial charge in [0.25, 0.3) is 0 Å². The highest BCUT2D eigenvalue weighted by atomic mass is 16.6. The van der Waals surface area contributed by atoms with E-state index in [4.69, 9.17) is 4.74 Å². The third-order valence-corrected chi connectivity index (χ3v) is 2.91. The zero-order chi connectivity index (χ0) is 13.8. The predicted octanol–water partition coefficient (Wildman–Crippen LogP) is 2.42. The van der Waals surface area contributed by atoms with Crippen molar-refractivity contribution in [1.29, 1.82) is 0 Å². The smallest absolute Gasteiger partial charge is 0.408 e. The van der Waals surface area contributed by atoms with Crippen LogP contribution in [-0.4, -0.2) is 23.0 Å². The average molecular weight is 251 g/mol. The van der Waals surface area contributed by atoms with Crippen LogP contribution in [0.15, 0.2) is 0 Å². The molecule has 1 N–H and O–H groups in total. The molecule has 0 saturated heterocycles. The normalized spacial score (nSPS) is 16.9. The summed E-state index contributed by atoms with van der Waals surface area (Å²) in [6.07, 6.45) is 1.96. The van der Waals surface area contributed by atoms with E-state index in [0.717, 1.165) is 6.42 Å². The zero-order valence-electron chi connectivity index (χ0n) is 11.6. The van der Waals surface area contributed by atoms with Gasteiger partial charge in [-0.3, -0.25) is 4.79 Å². The van der Waals surface area contributed by atoms with Crippen LogP contribution >= 0.6 is 0 Å². The molecule has 0 aromatic rings. The van der Waals surface area contributed by atoms with E-state index in [0.29, 0.717) is 12.8 Å². The summed E-state index contributed by atoms with van der Waals surface area (Å²) < 4.78 is 5.19. The van der Waals surface area contributed by atoms with Gasteiger partial charge in [0.1, 0.15) is 11.1 Å². The Hall–Kier alpha value is -1.50. The molecule has 0 aromatic carbocycles. The van der Waals surface area contributed by atoms with Gasteiger partial charge in [-0.15, -0.1) is 5.92 Å². The van der Waals surface area contributed by atoms with Crippen molar-refractivity contribution in [2.24, 2.45) is 0 Å². The Labute approximate surface area is 108 Å². The second kappa shape index (κ2) is 5.43. The number of nitrogens with one attached hydrogen (secondary N) is 1. The molecule has 0 heterocycles. The maximum atomic E-state index is 12.0. The van der Waals surface area contributed by atoms with E-state index in [1.54, 1.807) is 27.7 Å². The molecule has 100 valence electrons. The van der Waals surface area contributed by atoms with Crippen LogP contribution in [0.25, 0.3) is 0 Å². The maximum Gasteiger partial charge on any atom is 0.408 e. The molecule has 0 spiro atoms. The minimum atomic E-state index is -0.744. The van der Waals surface area contributed by atoms with Gasteiger partial charge < -0.3 is 10.1 Å². The van der Waals surface area contributed by atoms with E-state index in [1.165, 1.54) is 0 Å². The molecular formula is C14H21NO3. The molecular weight excluding hydrogens is 230 g/mol. The van der Waals surface area contributed by atoms with E-state index in [1.807, 2.05) is 0 Å². The van der Waals surface area contributed by atoms with Crippen LogP contribution in [0.5, 0.6) is 0 Å². The summed E-state index contributed by atoms with van der Waals surface area (Å²) in [6, 6.07) is 0.